The number of hydrogen-bond donors (Lipinski definition) is 0. The Hall–Kier alpha value is -1.47. The average Bonchev–Trinajstić information content (AvgIpc) is 2.37. The molecule has 6 nitrogen and oxygen atoms in total. The molecule has 0 fully saturated rings. The number of nitrogens with zero attached hydrogens (tertiary/aromatic N) is 1. The van der Waals surface area contributed by atoms with Crippen LogP contribution in [-0.4, -0.2) is 46.0 Å². The molecule has 0 saturated carbocycles. The van der Waals surface area contributed by atoms with E-state index in [1.54, 1.807) is 19.1 Å². The van der Waals surface area contributed by atoms with Gasteiger partial charge in [0, 0.05) is 13.7 Å². The van der Waals surface area contributed by atoms with Crippen molar-refractivity contribution in [2.75, 3.05) is 26.6 Å². The zero-order valence-corrected chi connectivity index (χ0v) is 12.6. The fourth-order valence-corrected chi connectivity index (χ4v) is 3.52. The molecule has 1 heterocycles. The first-order valence-corrected chi connectivity index (χ1v) is 7.93. The topological polar surface area (TPSA) is 82.6 Å². The monoisotopic (exact) mass is 301 g/mol. The second-order valence-corrected chi connectivity index (χ2v) is 6.73. The third kappa shape index (κ3) is 5.26. The van der Waals surface area contributed by atoms with Crippen LogP contribution in [0.4, 0.5) is 0 Å². The molecule has 20 heavy (non-hydrogen) atoms. The number of ether oxygens (including phenoxy) is 2. The minimum atomic E-state index is -3.30. The number of methoxy groups -OCH3 is 2. The van der Waals surface area contributed by atoms with Crippen LogP contribution < -0.4 is 0 Å². The summed E-state index contributed by atoms with van der Waals surface area (Å²) in [6.45, 7) is 2.19. The van der Waals surface area contributed by atoms with E-state index >= 15 is 0 Å². The van der Waals surface area contributed by atoms with Crippen molar-refractivity contribution in [1.82, 2.24) is 4.98 Å². The number of aromatic nitrogens is 1. The van der Waals surface area contributed by atoms with Crippen molar-refractivity contribution in [3.05, 3.63) is 29.6 Å². The Bertz CT molecular complexity index is 556. The predicted molar refractivity (Wildman–Crippen MR) is 74.1 cm³/mol. The molecule has 0 aliphatic heterocycles. The molecule has 1 aromatic heterocycles. The van der Waals surface area contributed by atoms with Gasteiger partial charge in [0.15, 0.2) is 9.84 Å². The van der Waals surface area contributed by atoms with Gasteiger partial charge in [-0.15, -0.1) is 0 Å². The van der Waals surface area contributed by atoms with E-state index < -0.39 is 15.8 Å². The third-order valence-electron chi connectivity index (χ3n) is 2.56. The molecule has 112 valence electrons. The van der Waals surface area contributed by atoms with Crippen LogP contribution in [0.5, 0.6) is 0 Å². The van der Waals surface area contributed by atoms with E-state index in [2.05, 4.69) is 9.72 Å². The quantitative estimate of drug-likeness (QED) is 0.700. The van der Waals surface area contributed by atoms with Crippen LogP contribution in [0.25, 0.3) is 0 Å². The lowest BCUT2D eigenvalue weighted by Crippen LogP contribution is -2.20. The lowest BCUT2D eigenvalue weighted by Gasteiger charge is -2.10. The molecule has 0 N–H and O–H groups in total. The third-order valence-corrected chi connectivity index (χ3v) is 4.37. The highest BCUT2D eigenvalue weighted by molar-refractivity contribution is 7.90. The molecule has 0 radical (unpaired) electrons. The zero-order chi connectivity index (χ0) is 15.2. The van der Waals surface area contributed by atoms with Gasteiger partial charge in [0.25, 0.3) is 0 Å². The Labute approximate surface area is 119 Å². The fraction of sp³-hybridized carbons (Fsp3) is 0.538. The van der Waals surface area contributed by atoms with Crippen molar-refractivity contribution in [3.63, 3.8) is 0 Å². The molecule has 0 aliphatic rings. The van der Waals surface area contributed by atoms with E-state index in [4.69, 9.17) is 4.74 Å². The van der Waals surface area contributed by atoms with Gasteiger partial charge in [-0.25, -0.2) is 18.2 Å². The molecule has 0 saturated heterocycles. The van der Waals surface area contributed by atoms with Gasteiger partial charge in [0.1, 0.15) is 5.69 Å². The molecular weight excluding hydrogens is 282 g/mol. The normalized spacial score (nSPS) is 12.9. The molecule has 0 aliphatic carbocycles. The van der Waals surface area contributed by atoms with Crippen LogP contribution in [0.1, 0.15) is 23.1 Å². The first-order chi connectivity index (χ1) is 9.38. The Morgan fingerprint density at radius 3 is 2.65 bits per heavy atom. The lowest BCUT2D eigenvalue weighted by atomic mass is 10.2. The summed E-state index contributed by atoms with van der Waals surface area (Å²) in [6, 6.07) is 4.64. The minimum Gasteiger partial charge on any atom is -0.464 e. The summed E-state index contributed by atoms with van der Waals surface area (Å²) in [5.74, 6) is -0.859. The second-order valence-electron chi connectivity index (χ2n) is 4.62. The first kappa shape index (κ1) is 16.6. The maximum atomic E-state index is 12.0. The highest BCUT2D eigenvalue weighted by Crippen LogP contribution is 2.10. The molecule has 1 unspecified atom stereocenters. The summed E-state index contributed by atoms with van der Waals surface area (Å²) >= 11 is 0. The van der Waals surface area contributed by atoms with Crippen LogP contribution in [0.15, 0.2) is 18.2 Å². The average molecular weight is 301 g/mol. The summed E-state index contributed by atoms with van der Waals surface area (Å²) in [5.41, 5.74) is 0.433. The second kappa shape index (κ2) is 7.35. The zero-order valence-electron chi connectivity index (χ0n) is 11.8. The summed E-state index contributed by atoms with van der Waals surface area (Å²) in [6.07, 6.45) is 0. The number of carbonyl (C=O) groups is 1. The van der Waals surface area contributed by atoms with Crippen LogP contribution in [0, 0.1) is 5.92 Å². The summed E-state index contributed by atoms with van der Waals surface area (Å²) in [4.78, 5) is 15.3. The number of rotatable bonds is 7. The summed E-state index contributed by atoms with van der Waals surface area (Å²) in [7, 11) is -0.518. The van der Waals surface area contributed by atoms with Crippen molar-refractivity contribution in [2.45, 2.75) is 12.7 Å². The minimum absolute atomic E-state index is 0.0188. The van der Waals surface area contributed by atoms with E-state index in [0.717, 1.165) is 0 Å². The Balaban J connectivity index is 2.79. The van der Waals surface area contributed by atoms with Gasteiger partial charge in [-0.3, -0.25) is 0 Å². The maximum Gasteiger partial charge on any atom is 0.356 e. The van der Waals surface area contributed by atoms with Crippen molar-refractivity contribution in [2.24, 2.45) is 5.92 Å². The van der Waals surface area contributed by atoms with Crippen molar-refractivity contribution in [1.29, 1.82) is 0 Å². The lowest BCUT2D eigenvalue weighted by molar-refractivity contribution is 0.0593. The molecule has 1 atom stereocenters. The smallest absolute Gasteiger partial charge is 0.356 e. The predicted octanol–water partition coefficient (Wildman–Crippen LogP) is 1.07. The highest BCUT2D eigenvalue weighted by atomic mass is 32.2. The van der Waals surface area contributed by atoms with E-state index in [9.17, 15) is 13.2 Å². The van der Waals surface area contributed by atoms with Crippen LogP contribution >= 0.6 is 0 Å². The van der Waals surface area contributed by atoms with E-state index in [1.807, 2.05) is 0 Å². The molecule has 0 bridgehead atoms. The Morgan fingerprint density at radius 1 is 1.35 bits per heavy atom. The molecule has 0 amide bonds. The van der Waals surface area contributed by atoms with Crippen LogP contribution in [0.3, 0.4) is 0 Å². The molecular formula is C13H19NO5S. The number of carbonyl (C=O) groups excluding carboxylic acids is 1. The standard InChI is InChI=1S/C13H19NO5S/c1-10(7-18-2)8-20(16,17)9-11-5-4-6-12(14-11)13(15)19-3/h4-6,10H,7-9H2,1-3H3. The van der Waals surface area contributed by atoms with E-state index in [1.165, 1.54) is 20.3 Å². The van der Waals surface area contributed by atoms with Gasteiger partial charge in [-0.05, 0) is 18.1 Å². The molecule has 0 aromatic carbocycles. The van der Waals surface area contributed by atoms with Crippen molar-refractivity contribution in [3.8, 4) is 0 Å². The van der Waals surface area contributed by atoms with E-state index in [-0.39, 0.29) is 23.1 Å². The summed E-state index contributed by atoms with van der Waals surface area (Å²) < 4.78 is 33.5. The number of sulfone groups is 1. The number of pyridine rings is 1. The van der Waals surface area contributed by atoms with Crippen molar-refractivity contribution >= 4 is 15.8 Å². The van der Waals surface area contributed by atoms with Gasteiger partial charge in [0.2, 0.25) is 0 Å². The first-order valence-electron chi connectivity index (χ1n) is 6.11. The molecule has 7 heteroatoms. The van der Waals surface area contributed by atoms with Gasteiger partial charge in [-0.2, -0.15) is 0 Å². The van der Waals surface area contributed by atoms with Gasteiger partial charge >= 0.3 is 5.97 Å². The Kier molecular flexibility index (Phi) is 6.09. The van der Waals surface area contributed by atoms with Crippen LogP contribution in [-0.2, 0) is 25.1 Å². The largest absolute Gasteiger partial charge is 0.464 e. The molecule has 0 spiro atoms. The van der Waals surface area contributed by atoms with Gasteiger partial charge in [0.05, 0.1) is 24.3 Å². The van der Waals surface area contributed by atoms with Crippen molar-refractivity contribution < 1.29 is 22.7 Å². The maximum absolute atomic E-state index is 12.0. The van der Waals surface area contributed by atoms with Gasteiger partial charge in [-0.1, -0.05) is 13.0 Å². The van der Waals surface area contributed by atoms with Crippen LogP contribution in [0.2, 0.25) is 0 Å². The summed E-state index contributed by atoms with van der Waals surface area (Å²) in [5, 5.41) is 0. The molecule has 1 aromatic rings. The fourth-order valence-electron chi connectivity index (χ4n) is 1.83. The highest BCUT2D eigenvalue weighted by Gasteiger charge is 2.18. The van der Waals surface area contributed by atoms with Gasteiger partial charge < -0.3 is 9.47 Å². The van der Waals surface area contributed by atoms with E-state index in [0.29, 0.717) is 12.3 Å². The SMILES string of the molecule is COCC(C)CS(=O)(=O)Cc1cccc(C(=O)OC)n1. The number of hydrogen-bond acceptors (Lipinski definition) is 6. The Morgan fingerprint density at radius 2 is 2.05 bits per heavy atom. The number of esters is 1. The molecule has 1 rings (SSSR count).